The van der Waals surface area contributed by atoms with E-state index in [1.54, 1.807) is 0 Å². The molecule has 62 valence electrons. The van der Waals surface area contributed by atoms with E-state index in [0.29, 0.717) is 0 Å². The quantitative estimate of drug-likeness (QED) is 0.757. The zero-order chi connectivity index (χ0) is 6.91. The monoisotopic (exact) mass is 273 g/mol. The van der Waals surface area contributed by atoms with Crippen molar-refractivity contribution in [3.8, 4) is 0 Å². The minimum absolute atomic E-state index is 0. The SMILES string of the molecule is OS(O)(Cl)c1cn[n-]c1.[Pd]. The van der Waals surface area contributed by atoms with Crippen molar-refractivity contribution in [1.29, 1.82) is 0 Å². The Bertz CT molecular complexity index is 187. The van der Waals surface area contributed by atoms with Crippen molar-refractivity contribution in [1.82, 2.24) is 10.2 Å². The minimum Gasteiger partial charge on any atom is -0.580 e. The summed E-state index contributed by atoms with van der Waals surface area (Å²) in [6.07, 6.45) is 2.42. The van der Waals surface area contributed by atoms with Crippen LogP contribution in [0.4, 0.5) is 0 Å². The molecule has 0 bridgehead atoms. The Labute approximate surface area is 77.5 Å². The number of nitrogens with zero attached hydrogens (tertiary/aromatic N) is 2. The van der Waals surface area contributed by atoms with Gasteiger partial charge in [-0.3, -0.25) is 9.11 Å². The van der Waals surface area contributed by atoms with Gasteiger partial charge in [-0.1, -0.05) is 9.80 Å². The van der Waals surface area contributed by atoms with Gasteiger partial charge in [-0.05, 0) is 0 Å². The van der Waals surface area contributed by atoms with Gasteiger partial charge in [-0.25, -0.2) is 0 Å². The van der Waals surface area contributed by atoms with E-state index in [0.717, 1.165) is 0 Å². The molecular formula is C3H4ClN2O2PdS-. The normalized spacial score (nSPS) is 12.3. The van der Waals surface area contributed by atoms with Crippen LogP contribution in [0, 0.1) is 0 Å². The molecule has 0 saturated carbocycles. The van der Waals surface area contributed by atoms with Gasteiger partial charge in [0.2, 0.25) is 0 Å². The molecule has 0 aliphatic heterocycles. The first-order chi connectivity index (χ1) is 4.11. The molecule has 0 spiro atoms. The number of halogens is 1. The van der Waals surface area contributed by atoms with E-state index < -0.39 is 9.80 Å². The molecule has 1 heterocycles. The third-order valence-electron chi connectivity index (χ3n) is 0.737. The molecule has 0 radical (unpaired) electrons. The van der Waals surface area contributed by atoms with Crippen LogP contribution < -0.4 is 5.10 Å². The van der Waals surface area contributed by atoms with Gasteiger partial charge < -0.3 is 10.2 Å². The third kappa shape index (κ3) is 2.58. The second-order valence-corrected chi connectivity index (χ2v) is 4.09. The predicted octanol–water partition coefficient (Wildman–Crippen LogP) is 1.30. The molecule has 1 aromatic heterocycles. The second kappa shape index (κ2) is 3.72. The van der Waals surface area contributed by atoms with Crippen LogP contribution in [0.2, 0.25) is 0 Å². The van der Waals surface area contributed by atoms with Gasteiger partial charge in [0.1, 0.15) is 0 Å². The van der Waals surface area contributed by atoms with Gasteiger partial charge in [-0.15, -0.1) is 6.20 Å². The summed E-state index contributed by atoms with van der Waals surface area (Å²) in [5, 5.41) is 6.71. The standard InChI is InChI=1S/C3H4ClN2O2S.Pd/c4-9(7,8)3-1-5-6-2-3;/h1-2H,(H2-,5,6,7,8);/q-1;. The Kier molecular flexibility index (Phi) is 3.88. The molecule has 1 aromatic rings. The molecule has 1 rings (SSSR count). The Morgan fingerprint density at radius 2 is 2.20 bits per heavy atom. The topological polar surface area (TPSA) is 67.5 Å². The molecule has 0 atom stereocenters. The smallest absolute Gasteiger partial charge is 0.0712 e. The molecule has 2 N–H and O–H groups in total. The fourth-order valence-corrected chi connectivity index (χ4v) is 0.949. The molecule has 0 aromatic carbocycles. The largest absolute Gasteiger partial charge is 0.580 e. The number of hydrogen-bond acceptors (Lipinski definition) is 3. The summed E-state index contributed by atoms with van der Waals surface area (Å²) < 4.78 is 17.4. The summed E-state index contributed by atoms with van der Waals surface area (Å²) in [7, 11) is 2.00. The van der Waals surface area contributed by atoms with E-state index in [9.17, 15) is 0 Å². The number of rotatable bonds is 1. The zero-order valence-electron chi connectivity index (χ0n) is 4.55. The maximum Gasteiger partial charge on any atom is 0.0712 e. The van der Waals surface area contributed by atoms with Crippen LogP contribution in [0.25, 0.3) is 0 Å². The summed E-state index contributed by atoms with van der Waals surface area (Å²) in [5.41, 5.74) is 0. The van der Waals surface area contributed by atoms with Gasteiger partial charge >= 0.3 is 0 Å². The van der Waals surface area contributed by atoms with E-state index >= 15 is 0 Å². The van der Waals surface area contributed by atoms with Gasteiger partial charge in [-0.2, -0.15) is 0 Å². The first kappa shape index (κ1) is 10.4. The van der Waals surface area contributed by atoms with Crippen LogP contribution >= 0.6 is 20.5 Å². The molecule has 0 saturated heterocycles. The molecule has 0 aliphatic rings. The molecule has 0 aliphatic carbocycles. The van der Waals surface area contributed by atoms with E-state index in [-0.39, 0.29) is 25.3 Å². The molecule has 7 heteroatoms. The van der Waals surface area contributed by atoms with E-state index in [2.05, 4.69) is 10.2 Å². The first-order valence-electron chi connectivity index (χ1n) is 2.02. The van der Waals surface area contributed by atoms with Crippen LogP contribution in [0.15, 0.2) is 17.3 Å². The summed E-state index contributed by atoms with van der Waals surface area (Å²) in [5.74, 6) is 0. The van der Waals surface area contributed by atoms with Crippen LogP contribution in [0.5, 0.6) is 0 Å². The summed E-state index contributed by atoms with van der Waals surface area (Å²) in [6, 6.07) is 0. The van der Waals surface area contributed by atoms with Gasteiger partial charge in [0.15, 0.2) is 0 Å². The fraction of sp³-hybridized carbons (Fsp3) is 0. The Balaban J connectivity index is 0.000000810. The Morgan fingerprint density at radius 1 is 1.60 bits per heavy atom. The van der Waals surface area contributed by atoms with Gasteiger partial charge in [0, 0.05) is 37.3 Å². The Morgan fingerprint density at radius 3 is 2.40 bits per heavy atom. The fourth-order valence-electron chi connectivity index (χ4n) is 0.348. The average Bonchev–Trinajstić information content (AvgIpc) is 2.08. The van der Waals surface area contributed by atoms with Crippen molar-refractivity contribution in [2.24, 2.45) is 0 Å². The van der Waals surface area contributed by atoms with Crippen molar-refractivity contribution in [2.45, 2.75) is 4.90 Å². The second-order valence-electron chi connectivity index (χ2n) is 1.37. The van der Waals surface area contributed by atoms with Crippen molar-refractivity contribution in [2.75, 3.05) is 0 Å². The van der Waals surface area contributed by atoms with Crippen molar-refractivity contribution in [3.63, 3.8) is 0 Å². The maximum absolute atomic E-state index is 8.70. The Hall–Kier alpha value is 0.432. The molecule has 0 unspecified atom stereocenters. The summed E-state index contributed by atoms with van der Waals surface area (Å²) >= 11 is 0. The third-order valence-corrected chi connectivity index (χ3v) is 2.08. The van der Waals surface area contributed by atoms with E-state index in [1.165, 1.54) is 12.4 Å². The molecule has 10 heavy (non-hydrogen) atoms. The molecule has 4 nitrogen and oxygen atoms in total. The van der Waals surface area contributed by atoms with Crippen LogP contribution in [0.3, 0.4) is 0 Å². The predicted molar refractivity (Wildman–Crippen MR) is 34.5 cm³/mol. The average molecular weight is 274 g/mol. The van der Waals surface area contributed by atoms with Crippen molar-refractivity contribution >= 4 is 20.5 Å². The maximum atomic E-state index is 8.70. The number of aromatic nitrogens is 2. The van der Waals surface area contributed by atoms with Crippen molar-refractivity contribution in [3.05, 3.63) is 12.4 Å². The van der Waals surface area contributed by atoms with Crippen LogP contribution in [0.1, 0.15) is 0 Å². The van der Waals surface area contributed by atoms with Gasteiger partial charge in [0.05, 0.1) is 4.90 Å². The van der Waals surface area contributed by atoms with Crippen LogP contribution in [-0.4, -0.2) is 14.2 Å². The van der Waals surface area contributed by atoms with Crippen LogP contribution in [-0.2, 0) is 20.4 Å². The summed E-state index contributed by atoms with van der Waals surface area (Å²) in [4.78, 5) is 0.157. The first-order valence-corrected chi connectivity index (χ1v) is 4.39. The molecule has 0 fully saturated rings. The van der Waals surface area contributed by atoms with E-state index in [4.69, 9.17) is 19.8 Å². The molecular weight excluding hydrogens is 270 g/mol. The minimum atomic E-state index is -3.11. The van der Waals surface area contributed by atoms with Gasteiger partial charge in [0.25, 0.3) is 0 Å². The van der Waals surface area contributed by atoms with Crippen molar-refractivity contribution < 1.29 is 29.5 Å². The summed E-state index contributed by atoms with van der Waals surface area (Å²) in [6.45, 7) is 0. The molecule has 0 amide bonds. The number of hydrogen-bond donors (Lipinski definition) is 2. The zero-order valence-corrected chi connectivity index (χ0v) is 7.67. The van der Waals surface area contributed by atoms with E-state index in [1.807, 2.05) is 0 Å².